The molecule has 0 aliphatic heterocycles. The minimum absolute atomic E-state index is 0. The molecular formula is C19H23N3NaO8S4+. The van der Waals surface area contributed by atoms with E-state index in [1.807, 2.05) is 13.8 Å². The summed E-state index contributed by atoms with van der Waals surface area (Å²) in [5, 5.41) is 5.95. The van der Waals surface area contributed by atoms with Crippen LogP contribution in [0.25, 0.3) is 12.2 Å². The molecule has 2 aromatic carbocycles. The molecule has 5 N–H and O–H groups in total. The Morgan fingerprint density at radius 2 is 1.29 bits per heavy atom. The van der Waals surface area contributed by atoms with Gasteiger partial charge in [0.1, 0.15) is 9.79 Å². The van der Waals surface area contributed by atoms with Crippen LogP contribution in [0.15, 0.2) is 46.2 Å². The Bertz CT molecular complexity index is 1450. The number of anilines is 2. The summed E-state index contributed by atoms with van der Waals surface area (Å²) < 4.78 is 91.6. The van der Waals surface area contributed by atoms with Crippen LogP contribution in [-0.4, -0.2) is 51.8 Å². The van der Waals surface area contributed by atoms with E-state index >= 15 is 0 Å². The molecule has 0 aliphatic rings. The number of rotatable bonds is 8. The normalized spacial score (nSPS) is 12.3. The molecule has 0 radical (unpaired) electrons. The molecule has 0 aliphatic carbocycles. The number of hydrogen-bond acceptors (Lipinski definition) is 7. The van der Waals surface area contributed by atoms with Crippen LogP contribution in [-0.2, 0) is 30.3 Å². The summed E-state index contributed by atoms with van der Waals surface area (Å²) >= 11 is 5.12. The Labute approximate surface area is 232 Å². The first-order valence-electron chi connectivity index (χ1n) is 9.42. The van der Waals surface area contributed by atoms with Crippen molar-refractivity contribution in [1.29, 1.82) is 0 Å². The SMILES string of the molecule is CC(C)NC(=S)Nc1ccc(/C=C/c2ccc(NS(C)(=O)=O)cc2S(=O)(=O)O)c(S(=O)(=O)O)c1.[Na+]. The van der Waals surface area contributed by atoms with Gasteiger partial charge in [0.15, 0.2) is 5.11 Å². The van der Waals surface area contributed by atoms with E-state index in [4.69, 9.17) is 12.2 Å². The Balaban J connectivity index is 0.00000612. The van der Waals surface area contributed by atoms with Crippen LogP contribution in [0, 0.1) is 0 Å². The fourth-order valence-corrected chi connectivity index (χ4v) is 5.08. The van der Waals surface area contributed by atoms with Crippen molar-refractivity contribution in [2.75, 3.05) is 16.3 Å². The molecule has 0 atom stereocenters. The van der Waals surface area contributed by atoms with Gasteiger partial charge < -0.3 is 10.6 Å². The van der Waals surface area contributed by atoms with Crippen molar-refractivity contribution in [3.63, 3.8) is 0 Å². The third-order valence-electron chi connectivity index (χ3n) is 4.01. The first-order chi connectivity index (χ1) is 15.5. The molecule has 0 saturated carbocycles. The summed E-state index contributed by atoms with van der Waals surface area (Å²) in [4.78, 5) is -1.10. The van der Waals surface area contributed by atoms with E-state index in [-0.39, 0.29) is 63.2 Å². The van der Waals surface area contributed by atoms with Crippen LogP contribution in [0.2, 0.25) is 0 Å². The quantitative estimate of drug-likeness (QED) is 0.118. The molecule has 2 aromatic rings. The molecule has 186 valence electrons. The van der Waals surface area contributed by atoms with Crippen molar-refractivity contribution in [1.82, 2.24) is 5.32 Å². The van der Waals surface area contributed by atoms with Gasteiger partial charge >= 0.3 is 29.6 Å². The van der Waals surface area contributed by atoms with Crippen molar-refractivity contribution >= 4 is 71.1 Å². The summed E-state index contributed by atoms with van der Waals surface area (Å²) in [6, 6.07) is 7.40. The summed E-state index contributed by atoms with van der Waals surface area (Å²) in [7, 11) is -13.2. The number of nitrogens with one attached hydrogen (secondary N) is 3. The Hall–Kier alpha value is -1.56. The van der Waals surface area contributed by atoms with E-state index in [0.717, 1.165) is 18.4 Å². The van der Waals surface area contributed by atoms with Gasteiger partial charge in [-0.3, -0.25) is 13.8 Å². The molecule has 16 heteroatoms. The first kappa shape index (κ1) is 31.5. The molecule has 0 aromatic heterocycles. The average molecular weight is 573 g/mol. The minimum Gasteiger partial charge on any atom is -0.360 e. The van der Waals surface area contributed by atoms with E-state index in [0.29, 0.717) is 0 Å². The molecule has 0 fully saturated rings. The molecule has 0 amide bonds. The van der Waals surface area contributed by atoms with Gasteiger partial charge in [0.05, 0.1) is 6.26 Å². The zero-order chi connectivity index (χ0) is 25.9. The van der Waals surface area contributed by atoms with Crippen LogP contribution in [0.5, 0.6) is 0 Å². The maximum atomic E-state index is 11.9. The molecule has 0 saturated heterocycles. The fourth-order valence-electron chi connectivity index (χ4n) is 2.76. The van der Waals surface area contributed by atoms with Crippen LogP contribution >= 0.6 is 12.2 Å². The van der Waals surface area contributed by atoms with Crippen LogP contribution in [0.1, 0.15) is 25.0 Å². The smallest absolute Gasteiger partial charge is 0.360 e. The second kappa shape index (κ2) is 12.1. The summed E-state index contributed by atoms with van der Waals surface area (Å²) in [5.41, 5.74) is 0.118. The summed E-state index contributed by atoms with van der Waals surface area (Å²) in [6.45, 7) is 3.71. The number of sulfonamides is 1. The maximum absolute atomic E-state index is 11.9. The average Bonchev–Trinajstić information content (AvgIpc) is 2.64. The van der Waals surface area contributed by atoms with Crippen molar-refractivity contribution in [2.24, 2.45) is 0 Å². The van der Waals surface area contributed by atoms with Gasteiger partial charge in [-0.05, 0) is 61.5 Å². The number of thiocarbonyl (C=S) groups is 1. The Morgan fingerprint density at radius 1 is 0.857 bits per heavy atom. The monoisotopic (exact) mass is 572 g/mol. The summed E-state index contributed by atoms with van der Waals surface area (Å²) in [5.74, 6) is 0. The zero-order valence-electron chi connectivity index (χ0n) is 19.2. The van der Waals surface area contributed by atoms with Crippen LogP contribution in [0.3, 0.4) is 0 Å². The number of hydrogen-bond donors (Lipinski definition) is 5. The van der Waals surface area contributed by atoms with Gasteiger partial charge in [0, 0.05) is 17.4 Å². The second-order valence-corrected chi connectivity index (χ2v) is 12.4. The predicted octanol–water partition coefficient (Wildman–Crippen LogP) is -0.579. The first-order valence-corrected chi connectivity index (χ1v) is 14.6. The molecule has 0 bridgehead atoms. The van der Waals surface area contributed by atoms with Gasteiger partial charge in [0.25, 0.3) is 20.2 Å². The Morgan fingerprint density at radius 3 is 1.69 bits per heavy atom. The van der Waals surface area contributed by atoms with E-state index in [2.05, 4.69) is 15.4 Å². The van der Waals surface area contributed by atoms with E-state index in [9.17, 15) is 34.4 Å². The molecule has 2 rings (SSSR count). The van der Waals surface area contributed by atoms with Gasteiger partial charge in [-0.1, -0.05) is 24.3 Å². The van der Waals surface area contributed by atoms with Crippen molar-refractivity contribution < 1.29 is 63.9 Å². The largest absolute Gasteiger partial charge is 1.00 e. The second-order valence-electron chi connectivity index (χ2n) is 7.42. The van der Waals surface area contributed by atoms with Gasteiger partial charge in [0.2, 0.25) is 10.0 Å². The number of benzene rings is 2. The molecular weight excluding hydrogens is 549 g/mol. The molecule has 35 heavy (non-hydrogen) atoms. The van der Waals surface area contributed by atoms with Gasteiger partial charge in [-0.2, -0.15) is 16.8 Å². The zero-order valence-corrected chi connectivity index (χ0v) is 24.4. The third-order valence-corrected chi connectivity index (χ3v) is 6.65. The van der Waals surface area contributed by atoms with Crippen molar-refractivity contribution in [3.8, 4) is 0 Å². The molecule has 0 spiro atoms. The topological polar surface area (TPSA) is 179 Å². The van der Waals surface area contributed by atoms with Crippen LogP contribution in [0.4, 0.5) is 11.4 Å². The molecule has 11 nitrogen and oxygen atoms in total. The van der Waals surface area contributed by atoms with E-state index < -0.39 is 40.1 Å². The van der Waals surface area contributed by atoms with Gasteiger partial charge in [-0.15, -0.1) is 0 Å². The van der Waals surface area contributed by atoms with E-state index in [1.165, 1.54) is 36.4 Å². The van der Waals surface area contributed by atoms with E-state index in [1.54, 1.807) is 0 Å². The standard InChI is InChI=1S/C19H23N3O8S4.Na/c1-12(2)20-19(31)21-15-8-6-13(17(10-15)33(25,26)27)4-5-14-7-9-16(22-32(3,23)24)11-18(14)34(28,29)30;/h4-12,22H,1-3H3,(H2,20,21,31)(H,25,26,27)(H,28,29,30);/q;+1/b5-4+;. The van der Waals surface area contributed by atoms with Gasteiger partial charge in [-0.25, -0.2) is 8.42 Å². The maximum Gasteiger partial charge on any atom is 1.00 e. The van der Waals surface area contributed by atoms with Crippen molar-refractivity contribution in [3.05, 3.63) is 47.5 Å². The van der Waals surface area contributed by atoms with Crippen molar-refractivity contribution in [2.45, 2.75) is 29.7 Å². The minimum atomic E-state index is -4.77. The Kier molecular flexibility index (Phi) is 10.9. The predicted molar refractivity (Wildman–Crippen MR) is 134 cm³/mol. The molecule has 0 unspecified atom stereocenters. The van der Waals surface area contributed by atoms with Crippen LogP contribution < -0.4 is 44.9 Å². The fraction of sp³-hybridized carbons (Fsp3) is 0.211. The third kappa shape index (κ3) is 10.1. The molecule has 0 heterocycles. The summed E-state index contributed by atoms with van der Waals surface area (Å²) in [6.07, 6.45) is 3.27.